The van der Waals surface area contributed by atoms with Crippen molar-refractivity contribution in [2.24, 2.45) is 23.2 Å². The highest BCUT2D eigenvalue weighted by Gasteiger charge is 2.48. The summed E-state index contributed by atoms with van der Waals surface area (Å²) >= 11 is 6.42. The van der Waals surface area contributed by atoms with Gasteiger partial charge in [-0.15, -0.1) is 0 Å². The van der Waals surface area contributed by atoms with Gasteiger partial charge in [-0.05, 0) is 109 Å². The Balaban J connectivity index is 1.31. The van der Waals surface area contributed by atoms with Crippen LogP contribution in [0.4, 0.5) is 5.69 Å². The first-order valence-electron chi connectivity index (χ1n) is 15.6. The fraction of sp³-hybridized carbons (Fsp3) is 0.559. The predicted molar refractivity (Wildman–Crippen MR) is 168 cm³/mol. The molecule has 3 aliphatic carbocycles. The van der Waals surface area contributed by atoms with Crippen LogP contribution < -0.4 is 14.4 Å². The van der Waals surface area contributed by atoms with Crippen LogP contribution >= 0.6 is 11.6 Å². The number of anilines is 1. The average Bonchev–Trinajstić information content (AvgIpc) is 3.08. The van der Waals surface area contributed by atoms with Gasteiger partial charge in [0, 0.05) is 36.2 Å². The molecule has 3 aliphatic heterocycles. The molecule has 0 saturated heterocycles. The Labute approximate surface area is 260 Å². The first kappa shape index (κ1) is 29.2. The molecule has 1 spiro atoms. The maximum Gasteiger partial charge on any atom is 0.264 e. The summed E-state index contributed by atoms with van der Waals surface area (Å²) in [6.45, 7) is 6.17. The molecule has 4 bridgehead atoms. The number of methoxy groups -OCH3 is 1. The van der Waals surface area contributed by atoms with Crippen molar-refractivity contribution < 1.29 is 22.7 Å². The van der Waals surface area contributed by atoms with E-state index in [4.69, 9.17) is 21.1 Å². The summed E-state index contributed by atoms with van der Waals surface area (Å²) in [4.78, 5) is 15.8. The number of aryl methyl sites for hydroxylation is 1. The summed E-state index contributed by atoms with van der Waals surface area (Å²) < 4.78 is 41.5. The zero-order chi connectivity index (χ0) is 30.1. The molecule has 1 fully saturated rings. The fourth-order valence-electron chi connectivity index (χ4n) is 8.45. The number of carbonyl (C=O) groups excluding carboxylic acids is 1. The van der Waals surface area contributed by atoms with Crippen molar-refractivity contribution in [1.82, 2.24) is 4.72 Å². The normalized spacial score (nSPS) is 34.7. The second-order valence-electron chi connectivity index (χ2n) is 14.0. The Bertz CT molecular complexity index is 1610. The highest BCUT2D eigenvalue weighted by atomic mass is 35.5. The monoisotopic (exact) mass is 624 g/mol. The number of sulfonamides is 1. The maximum atomic E-state index is 13.4. The van der Waals surface area contributed by atoms with Crippen LogP contribution in [-0.4, -0.2) is 53.0 Å². The highest BCUT2D eigenvalue weighted by molar-refractivity contribution is 7.90. The molecule has 0 aromatic heterocycles. The van der Waals surface area contributed by atoms with Crippen LogP contribution in [0.15, 0.2) is 48.0 Å². The molecule has 0 radical (unpaired) electrons. The highest BCUT2D eigenvalue weighted by Crippen LogP contribution is 2.52. The van der Waals surface area contributed by atoms with Gasteiger partial charge in [-0.2, -0.15) is 0 Å². The Kier molecular flexibility index (Phi) is 7.14. The number of carbonyl (C=O) groups is 1. The molecule has 3 heterocycles. The molecule has 1 saturated carbocycles. The summed E-state index contributed by atoms with van der Waals surface area (Å²) in [6.07, 6.45) is 8.35. The van der Waals surface area contributed by atoms with Crippen molar-refractivity contribution in [2.45, 2.75) is 63.9 Å². The second-order valence-corrected chi connectivity index (χ2v) is 16.2. The van der Waals surface area contributed by atoms with Crippen molar-refractivity contribution in [3.63, 3.8) is 0 Å². The standard InChI is InChI=1S/C34H41ClN2O5S/c1-21-18-43(39,40)36-32(38)23-7-11-30-29(14-23)37(17-24-6-9-27(24)31(41-3)25-15-33(21,2)16-25)19-34(20-42-30)12-4-5-22-13-26(35)8-10-28(22)34/h7-8,10-11,13-15,21,24,27,31H,4-6,9,12,16-20H2,1-3H3,(H,36,38)/t21-,24+,27-,31+,33?,34+/m1/s1. The van der Waals surface area contributed by atoms with Crippen LogP contribution in [0.3, 0.4) is 0 Å². The quantitative estimate of drug-likeness (QED) is 0.398. The number of halogens is 1. The molecular formula is C34H41ClN2O5S. The summed E-state index contributed by atoms with van der Waals surface area (Å²) in [5.74, 6) is 0.676. The molecular weight excluding hydrogens is 584 g/mol. The van der Waals surface area contributed by atoms with Crippen LogP contribution in [0.25, 0.3) is 0 Å². The molecule has 1 N–H and O–H groups in total. The third kappa shape index (κ3) is 5.07. The third-order valence-corrected chi connectivity index (χ3v) is 12.9. The Morgan fingerprint density at radius 3 is 2.72 bits per heavy atom. The molecule has 7 nitrogen and oxygen atoms in total. The van der Waals surface area contributed by atoms with Crippen LogP contribution in [-0.2, 0) is 26.6 Å². The van der Waals surface area contributed by atoms with Gasteiger partial charge in [0.15, 0.2) is 0 Å². The van der Waals surface area contributed by atoms with Gasteiger partial charge < -0.3 is 14.4 Å². The maximum absolute atomic E-state index is 13.4. The zero-order valence-electron chi connectivity index (χ0n) is 25.2. The molecule has 43 heavy (non-hydrogen) atoms. The lowest BCUT2D eigenvalue weighted by Crippen LogP contribution is -2.51. The van der Waals surface area contributed by atoms with Gasteiger partial charge in [0.1, 0.15) is 5.75 Å². The van der Waals surface area contributed by atoms with Crippen molar-refractivity contribution >= 4 is 33.2 Å². The van der Waals surface area contributed by atoms with E-state index in [9.17, 15) is 13.2 Å². The molecule has 6 aliphatic rings. The summed E-state index contributed by atoms with van der Waals surface area (Å²) in [5.41, 5.74) is 4.54. The van der Waals surface area contributed by atoms with Gasteiger partial charge >= 0.3 is 0 Å². The number of ether oxygens (including phenoxy) is 2. The van der Waals surface area contributed by atoms with Crippen LogP contribution in [0.5, 0.6) is 5.75 Å². The van der Waals surface area contributed by atoms with E-state index in [0.29, 0.717) is 24.0 Å². The summed E-state index contributed by atoms with van der Waals surface area (Å²) in [7, 11) is -2.04. The van der Waals surface area contributed by atoms with E-state index in [1.807, 2.05) is 25.1 Å². The molecule has 2 aromatic carbocycles. The number of fused-ring (bicyclic) bond motifs is 6. The topological polar surface area (TPSA) is 84.9 Å². The number of hydrogen-bond donors (Lipinski definition) is 1. The Hall–Kier alpha value is -2.55. The SMILES string of the molecule is CO[C@H]1C2=CC(C)(C2)[C@H](C)CS(=O)(=O)NC(=O)c2ccc3c(c2)N(C[C@@H]2CC[C@H]21)C[C@@]1(CCCc2cc(Cl)ccc21)CO3. The molecule has 230 valence electrons. The largest absolute Gasteiger partial charge is 0.490 e. The minimum Gasteiger partial charge on any atom is -0.490 e. The summed E-state index contributed by atoms with van der Waals surface area (Å²) in [5, 5.41) is 0.753. The van der Waals surface area contributed by atoms with Crippen LogP contribution in [0.2, 0.25) is 5.02 Å². The number of rotatable bonds is 1. The van der Waals surface area contributed by atoms with Gasteiger partial charge in [-0.1, -0.05) is 37.6 Å². The Morgan fingerprint density at radius 1 is 1.16 bits per heavy atom. The first-order chi connectivity index (χ1) is 20.5. The number of benzene rings is 2. The van der Waals surface area contributed by atoms with Crippen LogP contribution in [0, 0.1) is 23.2 Å². The average molecular weight is 625 g/mol. The number of hydrogen-bond acceptors (Lipinski definition) is 6. The molecule has 8 rings (SSSR count). The number of amides is 1. The van der Waals surface area contributed by atoms with E-state index < -0.39 is 15.9 Å². The molecule has 2 aromatic rings. The first-order valence-corrected chi connectivity index (χ1v) is 17.6. The van der Waals surface area contributed by atoms with Gasteiger partial charge in [-0.3, -0.25) is 4.79 Å². The van der Waals surface area contributed by atoms with Crippen molar-refractivity contribution in [1.29, 1.82) is 0 Å². The van der Waals surface area contributed by atoms with Gasteiger partial charge in [0.2, 0.25) is 10.0 Å². The lowest BCUT2D eigenvalue weighted by Gasteiger charge is -2.50. The zero-order valence-corrected chi connectivity index (χ0v) is 26.8. The number of allylic oxidation sites excluding steroid dienone is 1. The molecule has 1 unspecified atom stereocenters. The summed E-state index contributed by atoms with van der Waals surface area (Å²) in [6, 6.07) is 11.6. The van der Waals surface area contributed by atoms with Crippen molar-refractivity contribution in [2.75, 3.05) is 37.5 Å². The fourth-order valence-corrected chi connectivity index (χ4v) is 10.2. The third-order valence-electron chi connectivity index (χ3n) is 11.2. The van der Waals surface area contributed by atoms with E-state index >= 15 is 0 Å². The van der Waals surface area contributed by atoms with Gasteiger partial charge in [0.05, 0.1) is 24.2 Å². The van der Waals surface area contributed by atoms with Gasteiger partial charge in [0.25, 0.3) is 5.91 Å². The van der Waals surface area contributed by atoms with E-state index in [1.165, 1.54) is 16.7 Å². The van der Waals surface area contributed by atoms with Gasteiger partial charge in [-0.25, -0.2) is 13.1 Å². The lowest BCUT2D eigenvalue weighted by molar-refractivity contribution is -0.00461. The number of nitrogens with zero attached hydrogens (tertiary/aromatic N) is 1. The molecule has 1 amide bonds. The van der Waals surface area contributed by atoms with E-state index in [0.717, 1.165) is 68.1 Å². The predicted octanol–water partition coefficient (Wildman–Crippen LogP) is 5.90. The second kappa shape index (κ2) is 10.5. The molecule has 6 atom stereocenters. The smallest absolute Gasteiger partial charge is 0.264 e. The van der Waals surface area contributed by atoms with Crippen LogP contribution in [0.1, 0.15) is 67.4 Å². The minimum atomic E-state index is -3.85. The Morgan fingerprint density at radius 2 is 1.98 bits per heavy atom. The number of nitrogens with one attached hydrogen (secondary N) is 1. The minimum absolute atomic E-state index is 0.0313. The van der Waals surface area contributed by atoms with Crippen molar-refractivity contribution in [3.05, 3.63) is 69.8 Å². The van der Waals surface area contributed by atoms with E-state index in [1.54, 1.807) is 13.2 Å². The van der Waals surface area contributed by atoms with Crippen molar-refractivity contribution in [3.8, 4) is 5.75 Å². The lowest BCUT2D eigenvalue weighted by atomic mass is 9.60. The van der Waals surface area contributed by atoms with E-state index in [-0.39, 0.29) is 28.6 Å². The van der Waals surface area contributed by atoms with E-state index in [2.05, 4.69) is 34.8 Å². The molecule has 9 heteroatoms.